The third-order valence-electron chi connectivity index (χ3n) is 3.30. The Labute approximate surface area is 151 Å². The average molecular weight is 407 g/mol. The Morgan fingerprint density at radius 1 is 1.38 bits per heavy atom. The molecule has 0 unspecified atom stereocenters. The van der Waals surface area contributed by atoms with Crippen LogP contribution in [0.4, 0.5) is 5.69 Å². The summed E-state index contributed by atoms with van der Waals surface area (Å²) in [6.45, 7) is 1.91. The van der Waals surface area contributed by atoms with Crippen LogP contribution >= 0.6 is 27.7 Å². The predicted octanol–water partition coefficient (Wildman–Crippen LogP) is 3.77. The van der Waals surface area contributed by atoms with Crippen LogP contribution in [0.3, 0.4) is 0 Å². The minimum atomic E-state index is -0.129. The summed E-state index contributed by atoms with van der Waals surface area (Å²) in [4.78, 5) is 24.1. The molecule has 0 saturated heterocycles. The van der Waals surface area contributed by atoms with Gasteiger partial charge in [0.25, 0.3) is 0 Å². The maximum Gasteiger partial charge on any atom is 0.234 e. The standard InChI is InChI=1S/C16H15BrN4O2S/c1-9-10(17)7-12-15(18-9)21-16(20-12)24-8-14(22)19-11-5-3-4-6-13(11)23-2/h3-7H,8H2,1-2H3,(H,19,22)(H,18,20,21). The van der Waals surface area contributed by atoms with E-state index in [1.165, 1.54) is 11.8 Å². The van der Waals surface area contributed by atoms with Crippen molar-refractivity contribution in [2.75, 3.05) is 18.2 Å². The summed E-state index contributed by atoms with van der Waals surface area (Å²) in [5, 5.41) is 3.49. The lowest BCUT2D eigenvalue weighted by molar-refractivity contribution is -0.113. The Balaban J connectivity index is 1.66. The number of anilines is 1. The number of aromatic amines is 1. The Morgan fingerprint density at radius 2 is 2.17 bits per heavy atom. The molecule has 2 N–H and O–H groups in total. The van der Waals surface area contributed by atoms with Crippen molar-refractivity contribution in [1.29, 1.82) is 0 Å². The number of thioether (sulfide) groups is 1. The van der Waals surface area contributed by atoms with Crippen LogP contribution in [0.1, 0.15) is 5.69 Å². The van der Waals surface area contributed by atoms with Crippen LogP contribution in [0, 0.1) is 6.92 Å². The molecular weight excluding hydrogens is 392 g/mol. The number of ether oxygens (including phenoxy) is 1. The summed E-state index contributed by atoms with van der Waals surface area (Å²) in [7, 11) is 1.57. The Hall–Kier alpha value is -2.06. The number of aromatic nitrogens is 3. The zero-order valence-corrected chi connectivity index (χ0v) is 15.5. The van der Waals surface area contributed by atoms with Crippen molar-refractivity contribution in [3.05, 3.63) is 40.5 Å². The molecule has 3 rings (SSSR count). The maximum absolute atomic E-state index is 12.1. The second kappa shape index (κ2) is 7.23. The van der Waals surface area contributed by atoms with E-state index in [9.17, 15) is 4.79 Å². The van der Waals surface area contributed by atoms with Crippen LogP contribution in [0.5, 0.6) is 5.75 Å². The van der Waals surface area contributed by atoms with Crippen molar-refractivity contribution < 1.29 is 9.53 Å². The zero-order valence-electron chi connectivity index (χ0n) is 13.1. The van der Waals surface area contributed by atoms with E-state index < -0.39 is 0 Å². The zero-order chi connectivity index (χ0) is 17.1. The summed E-state index contributed by atoms with van der Waals surface area (Å²) in [5.74, 6) is 0.734. The number of para-hydroxylation sites is 2. The fraction of sp³-hybridized carbons (Fsp3) is 0.188. The largest absolute Gasteiger partial charge is 0.495 e. The number of pyridine rings is 1. The smallest absolute Gasteiger partial charge is 0.234 e. The quantitative estimate of drug-likeness (QED) is 0.630. The summed E-state index contributed by atoms with van der Waals surface area (Å²) >= 11 is 4.77. The number of fused-ring (bicyclic) bond motifs is 1. The van der Waals surface area contributed by atoms with Gasteiger partial charge in [-0.1, -0.05) is 23.9 Å². The van der Waals surface area contributed by atoms with Gasteiger partial charge >= 0.3 is 0 Å². The summed E-state index contributed by atoms with van der Waals surface area (Å²) in [5.41, 5.74) is 3.00. The highest BCUT2D eigenvalue weighted by Crippen LogP contribution is 2.25. The SMILES string of the molecule is COc1ccccc1NC(=O)CSc1nc2nc(C)c(Br)cc2[nH]1. The van der Waals surface area contributed by atoms with E-state index in [4.69, 9.17) is 4.74 Å². The molecule has 0 radical (unpaired) electrons. The van der Waals surface area contributed by atoms with E-state index >= 15 is 0 Å². The van der Waals surface area contributed by atoms with Gasteiger partial charge in [-0.05, 0) is 41.1 Å². The molecule has 0 aliphatic rings. The number of rotatable bonds is 5. The number of carbonyl (C=O) groups is 1. The third-order valence-corrected chi connectivity index (χ3v) is 4.98. The highest BCUT2D eigenvalue weighted by atomic mass is 79.9. The van der Waals surface area contributed by atoms with Gasteiger partial charge in [-0.15, -0.1) is 0 Å². The number of benzene rings is 1. The van der Waals surface area contributed by atoms with Crippen LogP contribution < -0.4 is 10.1 Å². The van der Waals surface area contributed by atoms with Crippen molar-refractivity contribution in [2.24, 2.45) is 0 Å². The summed E-state index contributed by atoms with van der Waals surface area (Å²) in [6, 6.07) is 9.23. The van der Waals surface area contributed by atoms with Crippen LogP contribution in [-0.2, 0) is 4.79 Å². The molecule has 0 bridgehead atoms. The molecule has 0 aliphatic heterocycles. The van der Waals surface area contributed by atoms with Crippen molar-refractivity contribution in [3.8, 4) is 5.75 Å². The molecule has 124 valence electrons. The van der Waals surface area contributed by atoms with Crippen molar-refractivity contribution in [3.63, 3.8) is 0 Å². The molecular formula is C16H15BrN4O2S. The molecule has 1 aromatic carbocycles. The van der Waals surface area contributed by atoms with E-state index in [1.807, 2.05) is 25.1 Å². The first-order chi connectivity index (χ1) is 11.6. The molecule has 2 aromatic heterocycles. The average Bonchev–Trinajstić information content (AvgIpc) is 2.95. The van der Waals surface area contributed by atoms with Crippen LogP contribution in [0.2, 0.25) is 0 Å². The lowest BCUT2D eigenvalue weighted by Gasteiger charge is -2.09. The Morgan fingerprint density at radius 3 is 2.96 bits per heavy atom. The molecule has 0 atom stereocenters. The summed E-state index contributed by atoms with van der Waals surface area (Å²) < 4.78 is 6.14. The molecule has 6 nitrogen and oxygen atoms in total. The topological polar surface area (TPSA) is 79.9 Å². The minimum absolute atomic E-state index is 0.129. The van der Waals surface area contributed by atoms with E-state index in [0.717, 1.165) is 15.7 Å². The number of halogens is 1. The van der Waals surface area contributed by atoms with Crippen molar-refractivity contribution in [2.45, 2.75) is 12.1 Å². The second-order valence-corrected chi connectivity index (χ2v) is 6.82. The number of carbonyl (C=O) groups excluding carboxylic acids is 1. The normalized spacial score (nSPS) is 10.8. The maximum atomic E-state index is 12.1. The van der Waals surface area contributed by atoms with E-state index in [2.05, 4.69) is 36.2 Å². The number of aryl methyl sites for hydroxylation is 1. The number of imidazole rings is 1. The highest BCUT2D eigenvalue weighted by molar-refractivity contribution is 9.10. The number of nitrogens with zero attached hydrogens (tertiary/aromatic N) is 2. The fourth-order valence-corrected chi connectivity index (χ4v) is 3.11. The fourth-order valence-electron chi connectivity index (χ4n) is 2.12. The number of methoxy groups -OCH3 is 1. The predicted molar refractivity (Wildman–Crippen MR) is 98.7 cm³/mol. The Bertz CT molecular complexity index is 858. The number of H-pyrrole nitrogens is 1. The number of hydrogen-bond donors (Lipinski definition) is 2. The first kappa shape index (κ1) is 16.8. The van der Waals surface area contributed by atoms with Gasteiger partial charge in [0.1, 0.15) is 5.75 Å². The molecule has 1 amide bonds. The molecule has 0 saturated carbocycles. The third kappa shape index (κ3) is 3.70. The first-order valence-electron chi connectivity index (χ1n) is 7.15. The molecule has 2 heterocycles. The van der Waals surface area contributed by atoms with Gasteiger partial charge in [-0.2, -0.15) is 0 Å². The Kier molecular flexibility index (Phi) is 5.06. The molecule has 0 fully saturated rings. The monoisotopic (exact) mass is 406 g/mol. The molecule has 8 heteroatoms. The van der Waals surface area contributed by atoms with E-state index in [-0.39, 0.29) is 11.7 Å². The van der Waals surface area contributed by atoms with E-state index in [0.29, 0.717) is 22.2 Å². The number of nitrogens with one attached hydrogen (secondary N) is 2. The lowest BCUT2D eigenvalue weighted by Crippen LogP contribution is -2.14. The molecule has 24 heavy (non-hydrogen) atoms. The van der Waals surface area contributed by atoms with Crippen LogP contribution in [0.15, 0.2) is 40.0 Å². The van der Waals surface area contributed by atoms with Gasteiger partial charge < -0.3 is 15.0 Å². The molecule has 0 spiro atoms. The number of hydrogen-bond acceptors (Lipinski definition) is 5. The summed E-state index contributed by atoms with van der Waals surface area (Å²) in [6.07, 6.45) is 0. The van der Waals surface area contributed by atoms with Gasteiger partial charge in [0.15, 0.2) is 10.8 Å². The molecule has 0 aliphatic carbocycles. The van der Waals surface area contributed by atoms with Crippen LogP contribution in [-0.4, -0.2) is 33.7 Å². The van der Waals surface area contributed by atoms with Crippen molar-refractivity contribution >= 4 is 50.5 Å². The number of amides is 1. The van der Waals surface area contributed by atoms with Gasteiger partial charge in [0.05, 0.1) is 29.8 Å². The first-order valence-corrected chi connectivity index (χ1v) is 8.93. The highest BCUT2D eigenvalue weighted by Gasteiger charge is 2.11. The molecule has 3 aromatic rings. The van der Waals surface area contributed by atoms with E-state index in [1.54, 1.807) is 19.2 Å². The van der Waals surface area contributed by atoms with Gasteiger partial charge in [-0.25, -0.2) is 9.97 Å². The lowest BCUT2D eigenvalue weighted by atomic mass is 10.3. The van der Waals surface area contributed by atoms with Gasteiger partial charge in [0.2, 0.25) is 5.91 Å². The van der Waals surface area contributed by atoms with Crippen molar-refractivity contribution in [1.82, 2.24) is 15.0 Å². The van der Waals surface area contributed by atoms with Gasteiger partial charge in [0, 0.05) is 4.47 Å². The second-order valence-electron chi connectivity index (χ2n) is 5.01. The minimum Gasteiger partial charge on any atom is -0.495 e. The van der Waals surface area contributed by atoms with Gasteiger partial charge in [-0.3, -0.25) is 4.79 Å². The van der Waals surface area contributed by atoms with Crippen LogP contribution in [0.25, 0.3) is 11.2 Å².